The molecule has 3 nitrogen and oxygen atoms in total. The monoisotopic (exact) mass is 272 g/mol. The molecule has 2 aliphatic rings. The minimum atomic E-state index is -0.144. The molecule has 2 N–H and O–H groups in total. The Morgan fingerprint density at radius 2 is 2.00 bits per heavy atom. The molecule has 0 spiro atoms. The van der Waals surface area contributed by atoms with Crippen LogP contribution >= 0.6 is 0 Å². The number of carbonyl (C=O) groups is 1. The Morgan fingerprint density at radius 3 is 2.80 bits per heavy atom. The maximum atomic E-state index is 12.6. The molecule has 0 radical (unpaired) electrons. The highest BCUT2D eigenvalue weighted by Crippen LogP contribution is 2.36. The maximum absolute atomic E-state index is 12.6. The Labute approximate surface area is 121 Å². The predicted molar refractivity (Wildman–Crippen MR) is 81.8 cm³/mol. The second kappa shape index (κ2) is 5.47. The molecule has 1 saturated carbocycles. The quantitative estimate of drug-likeness (QED) is 0.868. The molecule has 1 aliphatic heterocycles. The maximum Gasteiger partial charge on any atom is 0.226 e. The first kappa shape index (κ1) is 13.5. The number of anilines is 1. The lowest BCUT2D eigenvalue weighted by atomic mass is 9.75. The zero-order chi connectivity index (χ0) is 14.0. The summed E-state index contributed by atoms with van der Waals surface area (Å²) in [6.45, 7) is 2.96. The Bertz CT molecular complexity index is 492. The Balaban J connectivity index is 1.63. The Kier molecular flexibility index (Phi) is 3.68. The number of rotatable bonds is 2. The van der Waals surface area contributed by atoms with E-state index >= 15 is 0 Å². The van der Waals surface area contributed by atoms with Crippen molar-refractivity contribution in [3.63, 3.8) is 0 Å². The van der Waals surface area contributed by atoms with E-state index in [0.717, 1.165) is 25.8 Å². The van der Waals surface area contributed by atoms with Crippen LogP contribution in [0.25, 0.3) is 0 Å². The van der Waals surface area contributed by atoms with Crippen molar-refractivity contribution in [1.82, 2.24) is 5.32 Å². The molecule has 1 unspecified atom stereocenters. The highest BCUT2D eigenvalue weighted by Gasteiger charge is 2.35. The van der Waals surface area contributed by atoms with Crippen molar-refractivity contribution in [2.45, 2.75) is 51.5 Å². The summed E-state index contributed by atoms with van der Waals surface area (Å²) in [6.07, 6.45) is 6.67. The average Bonchev–Trinajstić information content (AvgIpc) is 2.48. The van der Waals surface area contributed by atoms with Crippen molar-refractivity contribution >= 4 is 11.6 Å². The van der Waals surface area contributed by atoms with Crippen molar-refractivity contribution in [3.05, 3.63) is 29.8 Å². The molecule has 108 valence electrons. The van der Waals surface area contributed by atoms with Crippen LogP contribution in [0.3, 0.4) is 0 Å². The smallest absolute Gasteiger partial charge is 0.226 e. The van der Waals surface area contributed by atoms with Crippen molar-refractivity contribution < 1.29 is 4.79 Å². The van der Waals surface area contributed by atoms with E-state index in [1.165, 1.54) is 30.5 Å². The number of nitrogens with one attached hydrogen (secondary N) is 2. The SMILES string of the molecule is CC1(C(=O)NC2CNc3ccccc3C2)CCCCC1. The second-order valence-corrected chi connectivity index (χ2v) is 6.53. The van der Waals surface area contributed by atoms with Crippen molar-refractivity contribution in [1.29, 1.82) is 0 Å². The number of amides is 1. The van der Waals surface area contributed by atoms with Crippen LogP contribution in [0.4, 0.5) is 5.69 Å². The van der Waals surface area contributed by atoms with Gasteiger partial charge in [-0.05, 0) is 30.9 Å². The number of fused-ring (bicyclic) bond motifs is 1. The molecule has 1 aliphatic carbocycles. The van der Waals surface area contributed by atoms with Gasteiger partial charge in [0.05, 0.1) is 6.04 Å². The fourth-order valence-electron chi connectivity index (χ4n) is 3.46. The largest absolute Gasteiger partial charge is 0.383 e. The van der Waals surface area contributed by atoms with E-state index in [-0.39, 0.29) is 17.4 Å². The van der Waals surface area contributed by atoms with Gasteiger partial charge in [-0.2, -0.15) is 0 Å². The minimum Gasteiger partial charge on any atom is -0.383 e. The molecule has 0 saturated heterocycles. The summed E-state index contributed by atoms with van der Waals surface area (Å²) in [5.74, 6) is 0.253. The third-order valence-corrected chi connectivity index (χ3v) is 4.86. The molecule has 3 rings (SSSR count). The fraction of sp³-hybridized carbons (Fsp3) is 0.588. The number of carbonyl (C=O) groups excluding carboxylic acids is 1. The number of para-hydroxylation sites is 1. The van der Waals surface area contributed by atoms with Crippen molar-refractivity contribution in [2.75, 3.05) is 11.9 Å². The van der Waals surface area contributed by atoms with Crippen LogP contribution in [0.1, 0.15) is 44.6 Å². The standard InChI is InChI=1S/C17H24N2O/c1-17(9-5-2-6-10-17)16(20)19-14-11-13-7-3-4-8-15(13)18-12-14/h3-4,7-8,14,18H,2,5-6,9-12H2,1H3,(H,19,20). The number of benzene rings is 1. The molecular weight excluding hydrogens is 248 g/mol. The van der Waals surface area contributed by atoms with Crippen LogP contribution in [0, 0.1) is 5.41 Å². The van der Waals surface area contributed by atoms with Crippen LogP contribution in [0.5, 0.6) is 0 Å². The third kappa shape index (κ3) is 2.67. The van der Waals surface area contributed by atoms with Crippen LogP contribution in [0.2, 0.25) is 0 Å². The van der Waals surface area contributed by atoms with Gasteiger partial charge in [0.25, 0.3) is 0 Å². The average molecular weight is 272 g/mol. The lowest BCUT2D eigenvalue weighted by molar-refractivity contribution is -0.132. The molecule has 1 fully saturated rings. The van der Waals surface area contributed by atoms with Crippen LogP contribution in [0.15, 0.2) is 24.3 Å². The van der Waals surface area contributed by atoms with Gasteiger partial charge >= 0.3 is 0 Å². The molecule has 1 aromatic carbocycles. The molecule has 1 heterocycles. The van der Waals surface area contributed by atoms with Crippen LogP contribution < -0.4 is 10.6 Å². The van der Waals surface area contributed by atoms with Crippen LogP contribution in [-0.4, -0.2) is 18.5 Å². The van der Waals surface area contributed by atoms with Gasteiger partial charge in [0, 0.05) is 17.6 Å². The summed E-state index contributed by atoms with van der Waals surface area (Å²) in [4.78, 5) is 12.6. The Hall–Kier alpha value is -1.51. The topological polar surface area (TPSA) is 41.1 Å². The van der Waals surface area contributed by atoms with E-state index < -0.39 is 0 Å². The lowest BCUT2D eigenvalue weighted by Gasteiger charge is -2.35. The molecule has 20 heavy (non-hydrogen) atoms. The fourth-order valence-corrected chi connectivity index (χ4v) is 3.46. The lowest BCUT2D eigenvalue weighted by Crippen LogP contribution is -2.49. The summed E-state index contributed by atoms with van der Waals surface area (Å²) in [5.41, 5.74) is 2.37. The van der Waals surface area contributed by atoms with Gasteiger partial charge in [-0.15, -0.1) is 0 Å². The van der Waals surface area contributed by atoms with Crippen molar-refractivity contribution in [2.24, 2.45) is 5.41 Å². The molecule has 0 bridgehead atoms. The molecule has 1 amide bonds. The number of hydrogen-bond donors (Lipinski definition) is 2. The summed E-state index contributed by atoms with van der Waals surface area (Å²) in [5, 5.41) is 6.69. The highest BCUT2D eigenvalue weighted by atomic mass is 16.2. The van der Waals surface area contributed by atoms with E-state index in [1.54, 1.807) is 0 Å². The van der Waals surface area contributed by atoms with E-state index in [4.69, 9.17) is 0 Å². The molecular formula is C17H24N2O. The van der Waals surface area contributed by atoms with Gasteiger partial charge in [0.1, 0.15) is 0 Å². The summed E-state index contributed by atoms with van der Waals surface area (Å²) in [7, 11) is 0. The first-order valence-electron chi connectivity index (χ1n) is 7.80. The van der Waals surface area contributed by atoms with Gasteiger partial charge in [-0.1, -0.05) is 44.4 Å². The zero-order valence-electron chi connectivity index (χ0n) is 12.2. The van der Waals surface area contributed by atoms with Gasteiger partial charge in [-0.25, -0.2) is 0 Å². The summed E-state index contributed by atoms with van der Waals surface area (Å²) < 4.78 is 0. The second-order valence-electron chi connectivity index (χ2n) is 6.53. The molecule has 0 aromatic heterocycles. The van der Waals surface area contributed by atoms with E-state index in [2.05, 4.69) is 35.8 Å². The normalized spacial score (nSPS) is 24.4. The van der Waals surface area contributed by atoms with E-state index in [9.17, 15) is 4.79 Å². The molecule has 1 aromatic rings. The minimum absolute atomic E-state index is 0.144. The van der Waals surface area contributed by atoms with E-state index in [0.29, 0.717) is 0 Å². The van der Waals surface area contributed by atoms with Gasteiger partial charge in [-0.3, -0.25) is 4.79 Å². The zero-order valence-corrected chi connectivity index (χ0v) is 12.2. The van der Waals surface area contributed by atoms with E-state index in [1.807, 2.05) is 6.07 Å². The van der Waals surface area contributed by atoms with Crippen molar-refractivity contribution in [3.8, 4) is 0 Å². The first-order valence-corrected chi connectivity index (χ1v) is 7.80. The third-order valence-electron chi connectivity index (χ3n) is 4.86. The van der Waals surface area contributed by atoms with Crippen LogP contribution in [-0.2, 0) is 11.2 Å². The van der Waals surface area contributed by atoms with Gasteiger partial charge in [0.15, 0.2) is 0 Å². The van der Waals surface area contributed by atoms with Gasteiger partial charge < -0.3 is 10.6 Å². The molecule has 3 heteroatoms. The predicted octanol–water partition coefficient (Wildman–Crippen LogP) is 3.11. The van der Waals surface area contributed by atoms with Gasteiger partial charge in [0.2, 0.25) is 5.91 Å². The Morgan fingerprint density at radius 1 is 1.25 bits per heavy atom. The number of hydrogen-bond acceptors (Lipinski definition) is 2. The first-order chi connectivity index (χ1) is 9.67. The molecule has 1 atom stereocenters. The highest BCUT2D eigenvalue weighted by molar-refractivity contribution is 5.82. The summed E-state index contributed by atoms with van der Waals surface area (Å²) >= 11 is 0. The summed E-state index contributed by atoms with van der Waals surface area (Å²) in [6, 6.07) is 8.58.